The number of nitrogens with zero attached hydrogens (tertiary/aromatic N) is 2. The minimum Gasteiger partial charge on any atom is -0.377 e. The molecular weight excluding hydrogens is 376 g/mol. The minimum absolute atomic E-state index is 0.0743. The lowest BCUT2D eigenvalue weighted by Gasteiger charge is -2.11. The van der Waals surface area contributed by atoms with Gasteiger partial charge in [0.25, 0.3) is 5.91 Å². The number of hydrogen-bond donors (Lipinski definition) is 2. The monoisotopic (exact) mass is 396 g/mol. The Hall–Kier alpha value is -1.88. The number of anilines is 1. The average Bonchev–Trinajstić information content (AvgIpc) is 3.32. The summed E-state index contributed by atoms with van der Waals surface area (Å²) in [6.07, 6.45) is 2.48. The lowest BCUT2D eigenvalue weighted by molar-refractivity contribution is 0.102. The Morgan fingerprint density at radius 3 is 2.69 bits per heavy atom. The lowest BCUT2D eigenvalue weighted by atomic mass is 10.2. The number of benzene rings is 1. The Morgan fingerprint density at radius 2 is 2.08 bits per heavy atom. The van der Waals surface area contributed by atoms with Crippen molar-refractivity contribution in [1.29, 1.82) is 0 Å². The van der Waals surface area contributed by atoms with E-state index >= 15 is 0 Å². The summed E-state index contributed by atoms with van der Waals surface area (Å²) in [5.41, 5.74) is 0.344. The summed E-state index contributed by atoms with van der Waals surface area (Å²) in [4.78, 5) is 12.3. The highest BCUT2D eigenvalue weighted by molar-refractivity contribution is 7.89. The molecule has 1 aromatic carbocycles. The van der Waals surface area contributed by atoms with E-state index in [-0.39, 0.29) is 23.5 Å². The maximum absolute atomic E-state index is 12.3. The highest BCUT2D eigenvalue weighted by atomic mass is 32.2. The predicted octanol–water partition coefficient (Wildman–Crippen LogP) is 1.81. The molecular formula is C16H20N4O4S2. The summed E-state index contributed by atoms with van der Waals surface area (Å²) in [6.45, 7) is 2.88. The number of rotatable bonds is 7. The molecule has 1 aliphatic heterocycles. The van der Waals surface area contributed by atoms with Gasteiger partial charge >= 0.3 is 0 Å². The molecule has 1 aromatic heterocycles. The van der Waals surface area contributed by atoms with Crippen LogP contribution in [-0.2, 0) is 21.2 Å². The van der Waals surface area contributed by atoms with Gasteiger partial charge in [0.2, 0.25) is 15.2 Å². The van der Waals surface area contributed by atoms with E-state index in [1.165, 1.54) is 35.6 Å². The summed E-state index contributed by atoms with van der Waals surface area (Å²) in [6, 6.07) is 5.75. The number of carbonyl (C=O) groups excluding carboxylic acids is 1. The predicted molar refractivity (Wildman–Crippen MR) is 97.8 cm³/mol. The highest BCUT2D eigenvalue weighted by Crippen LogP contribution is 2.18. The smallest absolute Gasteiger partial charge is 0.257 e. The molecule has 0 unspecified atom stereocenters. The van der Waals surface area contributed by atoms with Gasteiger partial charge in [0.05, 0.1) is 11.0 Å². The minimum atomic E-state index is -3.63. The van der Waals surface area contributed by atoms with Crippen LogP contribution in [0.3, 0.4) is 0 Å². The number of sulfonamides is 1. The SMILES string of the molecule is CCc1nnc(NC(=O)c2ccc(S(=O)(=O)NC[C@H]3CCCO3)cc2)s1. The van der Waals surface area contributed by atoms with Crippen molar-refractivity contribution in [1.82, 2.24) is 14.9 Å². The van der Waals surface area contributed by atoms with Crippen molar-refractivity contribution in [3.63, 3.8) is 0 Å². The van der Waals surface area contributed by atoms with Gasteiger partial charge < -0.3 is 4.74 Å². The van der Waals surface area contributed by atoms with E-state index < -0.39 is 10.0 Å². The number of aromatic nitrogens is 2. The zero-order valence-electron chi connectivity index (χ0n) is 14.3. The van der Waals surface area contributed by atoms with Crippen LogP contribution in [0, 0.1) is 0 Å². The van der Waals surface area contributed by atoms with Gasteiger partial charge in [-0.2, -0.15) is 0 Å². The van der Waals surface area contributed by atoms with Crippen LogP contribution in [0.25, 0.3) is 0 Å². The van der Waals surface area contributed by atoms with E-state index in [1.807, 2.05) is 6.92 Å². The van der Waals surface area contributed by atoms with E-state index in [0.29, 0.717) is 17.3 Å². The molecule has 0 saturated carbocycles. The summed E-state index contributed by atoms with van der Waals surface area (Å²) in [5.74, 6) is -0.361. The van der Waals surface area contributed by atoms with Gasteiger partial charge in [0.1, 0.15) is 5.01 Å². The van der Waals surface area contributed by atoms with Crippen molar-refractivity contribution >= 4 is 32.4 Å². The first-order chi connectivity index (χ1) is 12.5. The average molecular weight is 396 g/mol. The first-order valence-electron chi connectivity index (χ1n) is 8.33. The molecule has 0 bridgehead atoms. The second-order valence-corrected chi connectivity index (χ2v) is 8.65. The van der Waals surface area contributed by atoms with E-state index in [0.717, 1.165) is 24.3 Å². The zero-order valence-corrected chi connectivity index (χ0v) is 15.9. The van der Waals surface area contributed by atoms with Gasteiger partial charge in [-0.3, -0.25) is 10.1 Å². The fourth-order valence-corrected chi connectivity index (χ4v) is 4.23. The molecule has 26 heavy (non-hydrogen) atoms. The third kappa shape index (κ3) is 4.64. The lowest BCUT2D eigenvalue weighted by Crippen LogP contribution is -2.31. The third-order valence-electron chi connectivity index (χ3n) is 3.94. The molecule has 2 aromatic rings. The Labute approximate surface area is 156 Å². The molecule has 0 radical (unpaired) electrons. The number of aryl methyl sites for hydroxylation is 1. The number of hydrogen-bond acceptors (Lipinski definition) is 7. The molecule has 0 spiro atoms. The van der Waals surface area contributed by atoms with Crippen molar-refractivity contribution < 1.29 is 17.9 Å². The van der Waals surface area contributed by atoms with Crippen molar-refractivity contribution in [3.05, 3.63) is 34.8 Å². The standard InChI is InChI=1S/C16H20N4O4S2/c1-2-14-19-20-16(25-14)18-15(21)11-5-7-13(8-6-11)26(22,23)17-10-12-4-3-9-24-12/h5-8,12,17H,2-4,9-10H2,1H3,(H,18,20,21)/t12-/m1/s1. The molecule has 1 saturated heterocycles. The molecule has 8 nitrogen and oxygen atoms in total. The molecule has 1 aliphatic rings. The van der Waals surface area contributed by atoms with Crippen LogP contribution < -0.4 is 10.0 Å². The van der Waals surface area contributed by atoms with Crippen molar-refractivity contribution in [3.8, 4) is 0 Å². The fourth-order valence-electron chi connectivity index (χ4n) is 2.49. The van der Waals surface area contributed by atoms with Gasteiger partial charge in [-0.25, -0.2) is 13.1 Å². The summed E-state index contributed by atoms with van der Waals surface area (Å²) in [5, 5.41) is 11.7. The molecule has 3 rings (SSSR count). The second kappa shape index (κ2) is 8.21. The molecule has 1 fully saturated rings. The number of amides is 1. The highest BCUT2D eigenvalue weighted by Gasteiger charge is 2.20. The molecule has 140 valence electrons. The Morgan fingerprint density at radius 1 is 1.31 bits per heavy atom. The second-order valence-electron chi connectivity index (χ2n) is 5.82. The maximum atomic E-state index is 12.3. The first kappa shape index (κ1) is 18.9. The molecule has 0 aliphatic carbocycles. The van der Waals surface area contributed by atoms with E-state index in [1.54, 1.807) is 0 Å². The van der Waals surface area contributed by atoms with Crippen molar-refractivity contribution in [2.45, 2.75) is 37.2 Å². The zero-order chi connectivity index (χ0) is 18.6. The van der Waals surface area contributed by atoms with E-state index in [2.05, 4.69) is 20.2 Å². The summed E-state index contributed by atoms with van der Waals surface area (Å²) in [7, 11) is -3.63. The maximum Gasteiger partial charge on any atom is 0.257 e. The van der Waals surface area contributed by atoms with Crippen LogP contribution >= 0.6 is 11.3 Å². The topological polar surface area (TPSA) is 110 Å². The van der Waals surface area contributed by atoms with Crippen molar-refractivity contribution in [2.24, 2.45) is 0 Å². The molecule has 10 heteroatoms. The fraction of sp³-hybridized carbons (Fsp3) is 0.438. The Kier molecular flexibility index (Phi) is 5.97. The Balaban J connectivity index is 1.62. The van der Waals surface area contributed by atoms with Gasteiger partial charge in [0, 0.05) is 18.7 Å². The van der Waals surface area contributed by atoms with E-state index in [4.69, 9.17) is 4.74 Å². The quantitative estimate of drug-likeness (QED) is 0.738. The van der Waals surface area contributed by atoms with Crippen LogP contribution in [0.4, 0.5) is 5.13 Å². The van der Waals surface area contributed by atoms with Crippen LogP contribution in [-0.4, -0.2) is 43.8 Å². The number of ether oxygens (including phenoxy) is 1. The van der Waals surface area contributed by atoms with Crippen LogP contribution in [0.2, 0.25) is 0 Å². The number of carbonyl (C=O) groups is 1. The largest absolute Gasteiger partial charge is 0.377 e. The summed E-state index contributed by atoms with van der Waals surface area (Å²) >= 11 is 1.31. The summed E-state index contributed by atoms with van der Waals surface area (Å²) < 4.78 is 32.6. The van der Waals surface area contributed by atoms with Crippen LogP contribution in [0.5, 0.6) is 0 Å². The molecule has 1 atom stereocenters. The van der Waals surface area contributed by atoms with Gasteiger partial charge in [0.15, 0.2) is 0 Å². The molecule has 2 N–H and O–H groups in total. The number of nitrogens with one attached hydrogen (secondary N) is 2. The Bertz CT molecular complexity index is 859. The first-order valence-corrected chi connectivity index (χ1v) is 10.6. The van der Waals surface area contributed by atoms with E-state index in [9.17, 15) is 13.2 Å². The third-order valence-corrected chi connectivity index (χ3v) is 6.36. The van der Waals surface area contributed by atoms with Crippen molar-refractivity contribution in [2.75, 3.05) is 18.5 Å². The van der Waals surface area contributed by atoms with Gasteiger partial charge in [-0.1, -0.05) is 18.3 Å². The van der Waals surface area contributed by atoms with Gasteiger partial charge in [-0.15, -0.1) is 10.2 Å². The van der Waals surface area contributed by atoms with Gasteiger partial charge in [-0.05, 0) is 43.5 Å². The van der Waals surface area contributed by atoms with Crippen LogP contribution in [0.15, 0.2) is 29.2 Å². The normalized spacial score (nSPS) is 17.3. The molecule has 1 amide bonds. The molecule has 2 heterocycles. The van der Waals surface area contributed by atoms with Crippen LogP contribution in [0.1, 0.15) is 35.1 Å².